The van der Waals surface area contributed by atoms with E-state index >= 15 is 0 Å². The molecule has 1 aliphatic heterocycles. The van der Waals surface area contributed by atoms with Crippen molar-refractivity contribution in [1.82, 2.24) is 4.90 Å². The van der Waals surface area contributed by atoms with Crippen LogP contribution < -0.4 is 5.43 Å². The maximum Gasteiger partial charge on any atom is 0.290 e. The van der Waals surface area contributed by atoms with Crippen LogP contribution in [0.25, 0.3) is 11.0 Å². The maximum absolute atomic E-state index is 13.4. The summed E-state index contributed by atoms with van der Waals surface area (Å²) >= 11 is 1.52. The van der Waals surface area contributed by atoms with Crippen LogP contribution in [0.5, 0.6) is 0 Å². The van der Waals surface area contributed by atoms with Gasteiger partial charge >= 0.3 is 0 Å². The van der Waals surface area contributed by atoms with Gasteiger partial charge in [-0.05, 0) is 55.0 Å². The predicted molar refractivity (Wildman–Crippen MR) is 113 cm³/mol. The van der Waals surface area contributed by atoms with Crippen molar-refractivity contribution in [3.8, 4) is 0 Å². The molecule has 2 aromatic heterocycles. The number of rotatable bonds is 4. The highest BCUT2D eigenvalue weighted by atomic mass is 32.2. The monoisotopic (exact) mass is 431 g/mol. The second kappa shape index (κ2) is 7.42. The fourth-order valence-corrected chi connectivity index (χ4v) is 6.25. The Hall–Kier alpha value is -2.45. The van der Waals surface area contributed by atoms with E-state index in [1.807, 2.05) is 31.4 Å². The Bertz CT molecular complexity index is 1260. The van der Waals surface area contributed by atoms with E-state index in [4.69, 9.17) is 4.42 Å². The average molecular weight is 432 g/mol. The van der Waals surface area contributed by atoms with Crippen molar-refractivity contribution >= 4 is 38.1 Å². The lowest BCUT2D eigenvalue weighted by Gasteiger charge is -2.27. The number of carbonyl (C=O) groups excluding carboxylic acids is 1. The number of fused-ring (bicyclic) bond motifs is 1. The first-order valence-corrected chi connectivity index (χ1v) is 12.0. The number of thiophene rings is 1. The highest BCUT2D eigenvalue weighted by Gasteiger charge is 2.36. The Morgan fingerprint density at radius 1 is 1.24 bits per heavy atom. The summed E-state index contributed by atoms with van der Waals surface area (Å²) in [5.74, 6) is -0.529. The van der Waals surface area contributed by atoms with Gasteiger partial charge in [0, 0.05) is 17.0 Å². The molecular formula is C21H21NO5S2. The van der Waals surface area contributed by atoms with Gasteiger partial charge in [-0.3, -0.25) is 9.59 Å². The Labute approximate surface area is 172 Å². The van der Waals surface area contributed by atoms with Gasteiger partial charge in [0.2, 0.25) is 0 Å². The smallest absolute Gasteiger partial charge is 0.290 e. The van der Waals surface area contributed by atoms with Crippen LogP contribution in [0, 0.1) is 13.8 Å². The lowest BCUT2D eigenvalue weighted by atomic mass is 10.1. The van der Waals surface area contributed by atoms with Gasteiger partial charge in [0.1, 0.15) is 5.58 Å². The van der Waals surface area contributed by atoms with Crippen LogP contribution in [0.15, 0.2) is 44.9 Å². The minimum atomic E-state index is -3.18. The third kappa shape index (κ3) is 4.00. The first-order valence-electron chi connectivity index (χ1n) is 9.32. The summed E-state index contributed by atoms with van der Waals surface area (Å²) in [5, 5.41) is 2.36. The number of carbonyl (C=O) groups is 1. The van der Waals surface area contributed by atoms with Crippen molar-refractivity contribution in [1.29, 1.82) is 0 Å². The molecule has 0 unspecified atom stereocenters. The number of amides is 1. The molecule has 1 aliphatic rings. The summed E-state index contributed by atoms with van der Waals surface area (Å²) in [7, 11) is -3.18. The van der Waals surface area contributed by atoms with Gasteiger partial charge in [-0.15, -0.1) is 11.3 Å². The molecule has 1 amide bonds. The molecule has 0 bridgehead atoms. The summed E-state index contributed by atoms with van der Waals surface area (Å²) in [5.41, 5.74) is 2.02. The molecule has 0 saturated carbocycles. The molecular weight excluding hydrogens is 410 g/mol. The van der Waals surface area contributed by atoms with Gasteiger partial charge in [0.15, 0.2) is 21.0 Å². The third-order valence-electron chi connectivity index (χ3n) is 5.29. The summed E-state index contributed by atoms with van der Waals surface area (Å²) in [6.07, 6.45) is 0.384. The quantitative estimate of drug-likeness (QED) is 0.633. The molecule has 3 heterocycles. The number of sulfone groups is 1. The van der Waals surface area contributed by atoms with E-state index in [-0.39, 0.29) is 29.2 Å². The average Bonchev–Trinajstić information content (AvgIpc) is 3.23. The zero-order chi connectivity index (χ0) is 20.8. The van der Waals surface area contributed by atoms with Crippen LogP contribution in [0.2, 0.25) is 0 Å². The van der Waals surface area contributed by atoms with Crippen LogP contribution in [0.1, 0.15) is 33.0 Å². The van der Waals surface area contributed by atoms with Gasteiger partial charge in [-0.25, -0.2) is 8.42 Å². The van der Waals surface area contributed by atoms with Crippen molar-refractivity contribution in [2.75, 3.05) is 11.5 Å². The zero-order valence-corrected chi connectivity index (χ0v) is 17.8. The highest BCUT2D eigenvalue weighted by molar-refractivity contribution is 7.91. The Balaban J connectivity index is 1.75. The molecule has 6 nitrogen and oxygen atoms in total. The van der Waals surface area contributed by atoms with Crippen molar-refractivity contribution in [2.24, 2.45) is 0 Å². The van der Waals surface area contributed by atoms with Gasteiger partial charge in [0.05, 0.1) is 23.4 Å². The lowest BCUT2D eigenvalue weighted by molar-refractivity contribution is 0.0650. The molecule has 0 spiro atoms. The van der Waals surface area contributed by atoms with Crippen molar-refractivity contribution in [3.63, 3.8) is 0 Å². The van der Waals surface area contributed by atoms with E-state index in [0.29, 0.717) is 17.4 Å². The summed E-state index contributed by atoms with van der Waals surface area (Å²) in [6.45, 7) is 4.13. The summed E-state index contributed by atoms with van der Waals surface area (Å²) in [6, 6.07) is 7.95. The summed E-state index contributed by atoms with van der Waals surface area (Å²) in [4.78, 5) is 28.4. The van der Waals surface area contributed by atoms with E-state index in [2.05, 4.69) is 0 Å². The fourth-order valence-electron chi connectivity index (χ4n) is 3.62. The molecule has 0 radical (unpaired) electrons. The minimum Gasteiger partial charge on any atom is -0.451 e. The van der Waals surface area contributed by atoms with Gasteiger partial charge in [0.25, 0.3) is 5.91 Å². The fraction of sp³-hybridized carbons (Fsp3) is 0.333. The topological polar surface area (TPSA) is 84.7 Å². The minimum absolute atomic E-state index is 0.0612. The number of nitrogens with zero attached hydrogens (tertiary/aromatic N) is 1. The molecule has 1 atom stereocenters. The second-order valence-electron chi connectivity index (χ2n) is 7.49. The van der Waals surface area contributed by atoms with Crippen molar-refractivity contribution in [3.05, 3.63) is 67.7 Å². The van der Waals surface area contributed by atoms with Gasteiger partial charge in [-0.2, -0.15) is 0 Å². The SMILES string of the molecule is Cc1ccc2c(=O)cc(C(=O)N(Cc3sccc3C)[C@H]3CCS(=O)(=O)C3)oc2c1. The molecule has 29 heavy (non-hydrogen) atoms. The van der Waals surface area contributed by atoms with E-state index in [1.54, 1.807) is 17.0 Å². The second-order valence-corrected chi connectivity index (χ2v) is 10.7. The number of benzene rings is 1. The largest absolute Gasteiger partial charge is 0.451 e. The Morgan fingerprint density at radius 2 is 2.03 bits per heavy atom. The molecule has 0 N–H and O–H groups in total. The van der Waals surface area contributed by atoms with Crippen LogP contribution in [0.4, 0.5) is 0 Å². The normalized spacial score (nSPS) is 18.2. The molecule has 1 saturated heterocycles. The van der Waals surface area contributed by atoms with Gasteiger partial charge < -0.3 is 9.32 Å². The standard InChI is InChI=1S/C21H21NO5S2/c1-13-3-4-16-17(23)10-19(27-18(16)9-13)21(24)22(11-20-14(2)5-7-28-20)15-6-8-29(25,26)12-15/h3-5,7,9-10,15H,6,8,11-12H2,1-2H3/t15-/m0/s1. The molecule has 3 aromatic rings. The van der Waals surface area contributed by atoms with E-state index in [0.717, 1.165) is 16.0 Å². The third-order valence-corrected chi connectivity index (χ3v) is 8.05. The molecule has 1 fully saturated rings. The molecule has 4 rings (SSSR count). The number of hydrogen-bond acceptors (Lipinski definition) is 6. The maximum atomic E-state index is 13.4. The Kier molecular flexibility index (Phi) is 5.08. The van der Waals surface area contributed by atoms with E-state index < -0.39 is 21.8 Å². The molecule has 152 valence electrons. The van der Waals surface area contributed by atoms with Crippen molar-refractivity contribution in [2.45, 2.75) is 32.9 Å². The molecule has 8 heteroatoms. The van der Waals surface area contributed by atoms with Crippen LogP contribution >= 0.6 is 11.3 Å². The first-order chi connectivity index (χ1) is 13.7. The first kappa shape index (κ1) is 19.8. The number of hydrogen-bond donors (Lipinski definition) is 0. The predicted octanol–water partition coefficient (Wildman–Crippen LogP) is 3.30. The zero-order valence-electron chi connectivity index (χ0n) is 16.2. The Morgan fingerprint density at radius 3 is 2.69 bits per heavy atom. The van der Waals surface area contributed by atoms with E-state index in [9.17, 15) is 18.0 Å². The van der Waals surface area contributed by atoms with Crippen molar-refractivity contribution < 1.29 is 17.6 Å². The van der Waals surface area contributed by atoms with Crippen LogP contribution in [-0.2, 0) is 16.4 Å². The van der Waals surface area contributed by atoms with Crippen LogP contribution in [-0.4, -0.2) is 36.8 Å². The number of aryl methyl sites for hydroxylation is 2. The highest BCUT2D eigenvalue weighted by Crippen LogP contribution is 2.26. The lowest BCUT2D eigenvalue weighted by Crippen LogP contribution is -2.40. The van der Waals surface area contributed by atoms with E-state index in [1.165, 1.54) is 17.4 Å². The van der Waals surface area contributed by atoms with Gasteiger partial charge in [-0.1, -0.05) is 6.07 Å². The molecule has 0 aliphatic carbocycles. The van der Waals surface area contributed by atoms with Crippen LogP contribution in [0.3, 0.4) is 0 Å². The molecule has 1 aromatic carbocycles. The summed E-state index contributed by atoms with van der Waals surface area (Å²) < 4.78 is 29.9.